The fraction of sp³-hybridized carbons (Fsp3) is 0.421. The van der Waals surface area contributed by atoms with Gasteiger partial charge in [-0.25, -0.2) is 4.98 Å². The summed E-state index contributed by atoms with van der Waals surface area (Å²) in [6, 6.07) is 7.87. The van der Waals surface area contributed by atoms with E-state index in [-0.39, 0.29) is 5.91 Å². The van der Waals surface area contributed by atoms with Crippen LogP contribution in [0.4, 0.5) is 0 Å². The van der Waals surface area contributed by atoms with Crippen molar-refractivity contribution in [3.8, 4) is 5.75 Å². The molecule has 2 aromatic rings. The summed E-state index contributed by atoms with van der Waals surface area (Å²) < 4.78 is 5.17. The average Bonchev–Trinajstić information content (AvgIpc) is 3.04. The molecule has 1 unspecified atom stereocenters. The van der Waals surface area contributed by atoms with Crippen LogP contribution in [-0.4, -0.2) is 70.2 Å². The number of carbonyl (C=O) groups excluding carboxylic acids is 1. The van der Waals surface area contributed by atoms with Crippen LogP contribution in [0, 0.1) is 0 Å². The summed E-state index contributed by atoms with van der Waals surface area (Å²) in [5.74, 6) is 0.635. The molecule has 1 amide bonds. The Balaban J connectivity index is 1.56. The SMILES string of the molecule is COc1ccc(CN(C)CC2(O)CCN(C(=O)c3cnccn3)C2)cc1. The molecule has 1 aliphatic heterocycles. The van der Waals surface area contributed by atoms with E-state index in [0.717, 1.165) is 11.3 Å². The van der Waals surface area contributed by atoms with Crippen molar-refractivity contribution in [2.24, 2.45) is 0 Å². The van der Waals surface area contributed by atoms with Crippen molar-refractivity contribution < 1.29 is 14.6 Å². The minimum atomic E-state index is -0.918. The third-order valence-electron chi connectivity index (χ3n) is 4.58. The first-order chi connectivity index (χ1) is 12.5. The van der Waals surface area contributed by atoms with Gasteiger partial charge in [0.2, 0.25) is 0 Å². The van der Waals surface area contributed by atoms with Crippen LogP contribution in [0.2, 0.25) is 0 Å². The zero-order valence-corrected chi connectivity index (χ0v) is 15.1. The Morgan fingerprint density at radius 1 is 1.35 bits per heavy atom. The van der Waals surface area contributed by atoms with E-state index >= 15 is 0 Å². The number of benzene rings is 1. The zero-order chi connectivity index (χ0) is 18.6. The predicted molar refractivity (Wildman–Crippen MR) is 96.8 cm³/mol. The highest BCUT2D eigenvalue weighted by Crippen LogP contribution is 2.24. The number of methoxy groups -OCH3 is 1. The van der Waals surface area contributed by atoms with Gasteiger partial charge in [0.15, 0.2) is 0 Å². The lowest BCUT2D eigenvalue weighted by Gasteiger charge is -2.29. The maximum absolute atomic E-state index is 12.5. The Morgan fingerprint density at radius 2 is 2.12 bits per heavy atom. The largest absolute Gasteiger partial charge is 0.497 e. The third-order valence-corrected chi connectivity index (χ3v) is 4.58. The van der Waals surface area contributed by atoms with Gasteiger partial charge in [-0.1, -0.05) is 12.1 Å². The quantitative estimate of drug-likeness (QED) is 0.838. The number of ether oxygens (including phenoxy) is 1. The number of aromatic nitrogens is 2. The monoisotopic (exact) mass is 356 g/mol. The number of hydrogen-bond acceptors (Lipinski definition) is 6. The second-order valence-corrected chi connectivity index (χ2v) is 6.81. The van der Waals surface area contributed by atoms with Crippen LogP contribution in [0.3, 0.4) is 0 Å². The molecule has 0 spiro atoms. The third kappa shape index (κ3) is 4.36. The van der Waals surface area contributed by atoms with Gasteiger partial charge in [0, 0.05) is 32.0 Å². The van der Waals surface area contributed by atoms with Gasteiger partial charge in [0.25, 0.3) is 5.91 Å². The summed E-state index contributed by atoms with van der Waals surface area (Å²) in [6.45, 7) is 2.02. The average molecular weight is 356 g/mol. The summed E-state index contributed by atoms with van der Waals surface area (Å²) in [6.07, 6.45) is 5.03. The van der Waals surface area contributed by atoms with E-state index in [4.69, 9.17) is 4.74 Å². The van der Waals surface area contributed by atoms with Crippen LogP contribution in [0.1, 0.15) is 22.5 Å². The molecule has 1 N–H and O–H groups in total. The van der Waals surface area contributed by atoms with Crippen LogP contribution in [0.5, 0.6) is 5.75 Å². The van der Waals surface area contributed by atoms with E-state index in [1.54, 1.807) is 12.0 Å². The minimum absolute atomic E-state index is 0.188. The Labute approximate surface area is 153 Å². The molecular formula is C19H24N4O3. The number of likely N-dealkylation sites (tertiary alicyclic amines) is 1. The van der Waals surface area contributed by atoms with Crippen molar-refractivity contribution in [3.63, 3.8) is 0 Å². The number of nitrogens with zero attached hydrogens (tertiary/aromatic N) is 4. The lowest BCUT2D eigenvalue weighted by molar-refractivity contribution is 0.0163. The van der Waals surface area contributed by atoms with Crippen molar-refractivity contribution in [3.05, 3.63) is 54.1 Å². The van der Waals surface area contributed by atoms with Gasteiger partial charge in [-0.3, -0.25) is 14.7 Å². The van der Waals surface area contributed by atoms with Crippen LogP contribution in [-0.2, 0) is 6.54 Å². The Kier molecular flexibility index (Phi) is 5.49. The van der Waals surface area contributed by atoms with Crippen molar-refractivity contribution in [2.75, 3.05) is 33.8 Å². The lowest BCUT2D eigenvalue weighted by Crippen LogP contribution is -2.44. The van der Waals surface area contributed by atoms with Gasteiger partial charge in [-0.2, -0.15) is 0 Å². The molecule has 1 fully saturated rings. The second kappa shape index (κ2) is 7.80. The molecule has 138 valence electrons. The van der Waals surface area contributed by atoms with Gasteiger partial charge in [0.1, 0.15) is 11.4 Å². The Bertz CT molecular complexity index is 738. The molecule has 3 rings (SSSR count). The molecule has 1 aromatic carbocycles. The van der Waals surface area contributed by atoms with Gasteiger partial charge < -0.3 is 14.7 Å². The smallest absolute Gasteiger partial charge is 0.274 e. The number of likely N-dealkylation sites (N-methyl/N-ethyl adjacent to an activating group) is 1. The molecule has 0 aliphatic carbocycles. The molecule has 1 aromatic heterocycles. The van der Waals surface area contributed by atoms with Gasteiger partial charge in [-0.05, 0) is 31.2 Å². The number of hydrogen-bond donors (Lipinski definition) is 1. The number of carbonyl (C=O) groups is 1. The summed E-state index contributed by atoms with van der Waals surface area (Å²) in [4.78, 5) is 24.1. The van der Waals surface area contributed by atoms with Crippen molar-refractivity contribution in [1.82, 2.24) is 19.8 Å². The van der Waals surface area contributed by atoms with E-state index in [0.29, 0.717) is 38.3 Å². The van der Waals surface area contributed by atoms with E-state index in [1.165, 1.54) is 18.6 Å². The topological polar surface area (TPSA) is 78.8 Å². The highest BCUT2D eigenvalue weighted by molar-refractivity contribution is 5.92. The van der Waals surface area contributed by atoms with E-state index in [9.17, 15) is 9.90 Å². The second-order valence-electron chi connectivity index (χ2n) is 6.81. The highest BCUT2D eigenvalue weighted by Gasteiger charge is 2.39. The first-order valence-corrected chi connectivity index (χ1v) is 8.58. The van der Waals surface area contributed by atoms with Gasteiger partial charge >= 0.3 is 0 Å². The number of rotatable bonds is 6. The molecular weight excluding hydrogens is 332 g/mol. The molecule has 1 aliphatic rings. The Morgan fingerprint density at radius 3 is 2.77 bits per heavy atom. The molecule has 7 heteroatoms. The molecule has 0 saturated carbocycles. The molecule has 7 nitrogen and oxygen atoms in total. The van der Waals surface area contributed by atoms with Crippen LogP contribution < -0.4 is 4.74 Å². The molecule has 26 heavy (non-hydrogen) atoms. The fourth-order valence-corrected chi connectivity index (χ4v) is 3.33. The number of β-amino-alcohol motifs (C(OH)–C–C–N with tert-alkyl or cyclic N) is 1. The van der Waals surface area contributed by atoms with Crippen molar-refractivity contribution in [1.29, 1.82) is 0 Å². The molecule has 2 heterocycles. The highest BCUT2D eigenvalue weighted by atomic mass is 16.5. The van der Waals surface area contributed by atoms with Crippen LogP contribution >= 0.6 is 0 Å². The van der Waals surface area contributed by atoms with Crippen molar-refractivity contribution in [2.45, 2.75) is 18.6 Å². The summed E-state index contributed by atoms with van der Waals surface area (Å²) >= 11 is 0. The van der Waals surface area contributed by atoms with Crippen LogP contribution in [0.15, 0.2) is 42.9 Å². The summed E-state index contributed by atoms with van der Waals surface area (Å²) in [7, 11) is 3.61. The fourth-order valence-electron chi connectivity index (χ4n) is 3.33. The normalized spacial score (nSPS) is 19.8. The maximum Gasteiger partial charge on any atom is 0.274 e. The first-order valence-electron chi connectivity index (χ1n) is 8.58. The molecule has 0 bridgehead atoms. The molecule has 1 atom stereocenters. The maximum atomic E-state index is 12.5. The predicted octanol–water partition coefficient (Wildman–Crippen LogP) is 1.19. The Hall–Kier alpha value is -2.51. The van der Waals surface area contributed by atoms with E-state index in [1.807, 2.05) is 31.3 Å². The standard InChI is InChI=1S/C19H24N4O3/c1-22(12-15-3-5-16(26-2)6-4-15)13-19(25)7-10-23(14-19)18(24)17-11-20-8-9-21-17/h3-6,8-9,11,25H,7,10,12-14H2,1-2H3. The minimum Gasteiger partial charge on any atom is -0.497 e. The van der Waals surface area contributed by atoms with E-state index in [2.05, 4.69) is 14.9 Å². The van der Waals surface area contributed by atoms with E-state index < -0.39 is 5.60 Å². The lowest BCUT2D eigenvalue weighted by atomic mass is 10.0. The van der Waals surface area contributed by atoms with Crippen LogP contribution in [0.25, 0.3) is 0 Å². The van der Waals surface area contributed by atoms with Crippen molar-refractivity contribution >= 4 is 5.91 Å². The number of aliphatic hydroxyl groups is 1. The van der Waals surface area contributed by atoms with Gasteiger partial charge in [-0.15, -0.1) is 0 Å². The zero-order valence-electron chi connectivity index (χ0n) is 15.1. The summed E-state index contributed by atoms with van der Waals surface area (Å²) in [5.41, 5.74) is 0.532. The van der Waals surface area contributed by atoms with Gasteiger partial charge in [0.05, 0.1) is 25.5 Å². The molecule has 0 radical (unpaired) electrons. The first kappa shape index (κ1) is 18.3. The number of amides is 1. The molecule has 1 saturated heterocycles. The summed E-state index contributed by atoms with van der Waals surface area (Å²) in [5, 5.41) is 10.9.